The Morgan fingerprint density at radius 3 is 2.64 bits per heavy atom. The van der Waals surface area contributed by atoms with E-state index in [1.165, 1.54) is 13.0 Å². The Morgan fingerprint density at radius 2 is 2.21 bits per heavy atom. The molecule has 1 rings (SSSR count). The van der Waals surface area contributed by atoms with Crippen LogP contribution < -0.4 is 5.32 Å². The molecule has 3 nitrogen and oxygen atoms in total. The fourth-order valence-electron chi connectivity index (χ4n) is 1.98. The molecule has 1 saturated heterocycles. The van der Waals surface area contributed by atoms with Crippen molar-refractivity contribution in [3.8, 4) is 0 Å². The van der Waals surface area contributed by atoms with E-state index in [0.29, 0.717) is 6.04 Å². The Labute approximate surface area is 87.8 Å². The first-order chi connectivity index (χ1) is 6.79. The minimum Gasteiger partial charge on any atom is -0.385 e. The summed E-state index contributed by atoms with van der Waals surface area (Å²) in [6.07, 6.45) is 2.39. The highest BCUT2D eigenvalue weighted by Crippen LogP contribution is 2.13. The van der Waals surface area contributed by atoms with E-state index < -0.39 is 0 Å². The first kappa shape index (κ1) is 12.0. The van der Waals surface area contributed by atoms with Crippen LogP contribution in [-0.2, 0) is 4.74 Å². The molecule has 0 aromatic rings. The lowest BCUT2D eigenvalue weighted by atomic mass is 10.1. The molecule has 1 fully saturated rings. The van der Waals surface area contributed by atoms with Gasteiger partial charge in [0.2, 0.25) is 0 Å². The average molecular weight is 200 g/mol. The normalized spacial score (nSPS) is 19.7. The largest absolute Gasteiger partial charge is 0.385 e. The summed E-state index contributed by atoms with van der Waals surface area (Å²) in [5, 5.41) is 3.34. The standard InChI is InChI=1S/C11H24N2O/c1-4-6-13(11-8-12-9-11)10(2)5-7-14-3/h10-12H,4-9H2,1-3H3. The maximum Gasteiger partial charge on any atom is 0.0477 e. The molecular weight excluding hydrogens is 176 g/mol. The van der Waals surface area contributed by atoms with E-state index in [2.05, 4.69) is 24.1 Å². The van der Waals surface area contributed by atoms with Crippen LogP contribution in [-0.4, -0.2) is 50.3 Å². The van der Waals surface area contributed by atoms with E-state index in [0.717, 1.165) is 32.2 Å². The van der Waals surface area contributed by atoms with Crippen molar-refractivity contribution < 1.29 is 4.74 Å². The zero-order valence-electron chi connectivity index (χ0n) is 9.75. The average Bonchev–Trinajstić information content (AvgIpc) is 2.10. The summed E-state index contributed by atoms with van der Waals surface area (Å²) in [4.78, 5) is 2.62. The van der Waals surface area contributed by atoms with E-state index >= 15 is 0 Å². The molecule has 0 spiro atoms. The summed E-state index contributed by atoms with van der Waals surface area (Å²) in [6.45, 7) is 8.99. The first-order valence-electron chi connectivity index (χ1n) is 5.75. The third-order valence-corrected chi connectivity index (χ3v) is 3.02. The topological polar surface area (TPSA) is 24.5 Å². The molecule has 0 bridgehead atoms. The van der Waals surface area contributed by atoms with Gasteiger partial charge in [-0.25, -0.2) is 0 Å². The predicted octanol–water partition coefficient (Wildman–Crippen LogP) is 1.10. The van der Waals surface area contributed by atoms with Gasteiger partial charge in [0.1, 0.15) is 0 Å². The second-order valence-corrected chi connectivity index (χ2v) is 4.18. The van der Waals surface area contributed by atoms with Crippen molar-refractivity contribution in [2.45, 2.75) is 38.8 Å². The second kappa shape index (κ2) is 6.38. The lowest BCUT2D eigenvalue weighted by Gasteiger charge is -2.41. The van der Waals surface area contributed by atoms with Crippen LogP contribution in [0.1, 0.15) is 26.7 Å². The van der Waals surface area contributed by atoms with Crippen molar-refractivity contribution in [3.63, 3.8) is 0 Å². The van der Waals surface area contributed by atoms with Crippen molar-refractivity contribution in [1.29, 1.82) is 0 Å². The van der Waals surface area contributed by atoms with Gasteiger partial charge in [0, 0.05) is 38.9 Å². The molecule has 1 atom stereocenters. The van der Waals surface area contributed by atoms with Gasteiger partial charge in [-0.05, 0) is 26.3 Å². The van der Waals surface area contributed by atoms with Crippen LogP contribution >= 0.6 is 0 Å². The van der Waals surface area contributed by atoms with Crippen molar-refractivity contribution in [2.75, 3.05) is 33.4 Å². The van der Waals surface area contributed by atoms with E-state index in [1.807, 2.05) is 0 Å². The molecule has 0 aliphatic carbocycles. The van der Waals surface area contributed by atoms with E-state index in [4.69, 9.17) is 4.74 Å². The molecule has 0 radical (unpaired) electrons. The Kier molecular flexibility index (Phi) is 5.45. The third-order valence-electron chi connectivity index (χ3n) is 3.02. The monoisotopic (exact) mass is 200 g/mol. The van der Waals surface area contributed by atoms with Gasteiger partial charge in [-0.1, -0.05) is 6.92 Å². The summed E-state index contributed by atoms with van der Waals surface area (Å²) in [6, 6.07) is 1.42. The van der Waals surface area contributed by atoms with Gasteiger partial charge in [-0.2, -0.15) is 0 Å². The van der Waals surface area contributed by atoms with Crippen LogP contribution in [0.3, 0.4) is 0 Å². The van der Waals surface area contributed by atoms with E-state index in [9.17, 15) is 0 Å². The summed E-state index contributed by atoms with van der Waals surface area (Å²) in [5.74, 6) is 0. The fourth-order valence-corrected chi connectivity index (χ4v) is 1.98. The molecule has 1 unspecified atom stereocenters. The quantitative estimate of drug-likeness (QED) is 0.666. The van der Waals surface area contributed by atoms with Gasteiger partial charge in [-0.15, -0.1) is 0 Å². The number of nitrogens with one attached hydrogen (secondary N) is 1. The molecule has 3 heteroatoms. The van der Waals surface area contributed by atoms with Crippen LogP contribution in [0.5, 0.6) is 0 Å². The number of methoxy groups -OCH3 is 1. The van der Waals surface area contributed by atoms with Gasteiger partial charge in [-0.3, -0.25) is 4.90 Å². The van der Waals surface area contributed by atoms with Gasteiger partial charge in [0.15, 0.2) is 0 Å². The van der Waals surface area contributed by atoms with Gasteiger partial charge in [0.05, 0.1) is 0 Å². The third kappa shape index (κ3) is 3.23. The van der Waals surface area contributed by atoms with Crippen molar-refractivity contribution in [3.05, 3.63) is 0 Å². The van der Waals surface area contributed by atoms with Gasteiger partial charge >= 0.3 is 0 Å². The summed E-state index contributed by atoms with van der Waals surface area (Å²) in [5.41, 5.74) is 0. The SMILES string of the molecule is CCCN(C(C)CCOC)C1CNC1. The molecule has 14 heavy (non-hydrogen) atoms. The second-order valence-electron chi connectivity index (χ2n) is 4.18. The summed E-state index contributed by atoms with van der Waals surface area (Å²) < 4.78 is 5.13. The zero-order valence-corrected chi connectivity index (χ0v) is 9.75. The van der Waals surface area contributed by atoms with E-state index in [-0.39, 0.29) is 0 Å². The summed E-state index contributed by atoms with van der Waals surface area (Å²) >= 11 is 0. The molecule has 1 N–H and O–H groups in total. The number of hydrogen-bond donors (Lipinski definition) is 1. The predicted molar refractivity (Wildman–Crippen MR) is 59.6 cm³/mol. The number of nitrogens with zero attached hydrogens (tertiary/aromatic N) is 1. The molecule has 0 saturated carbocycles. The Hall–Kier alpha value is -0.120. The molecule has 1 heterocycles. The highest BCUT2D eigenvalue weighted by molar-refractivity contribution is 4.86. The van der Waals surface area contributed by atoms with Crippen molar-refractivity contribution in [1.82, 2.24) is 10.2 Å². The van der Waals surface area contributed by atoms with Crippen LogP contribution in [0.15, 0.2) is 0 Å². The highest BCUT2D eigenvalue weighted by Gasteiger charge is 2.27. The Bertz CT molecular complexity index is 148. The fraction of sp³-hybridized carbons (Fsp3) is 1.00. The van der Waals surface area contributed by atoms with Gasteiger partial charge in [0.25, 0.3) is 0 Å². The molecular formula is C11H24N2O. The maximum absolute atomic E-state index is 5.13. The highest BCUT2D eigenvalue weighted by atomic mass is 16.5. The molecule has 0 amide bonds. The smallest absolute Gasteiger partial charge is 0.0477 e. The lowest BCUT2D eigenvalue weighted by molar-refractivity contribution is 0.0786. The number of rotatable bonds is 7. The van der Waals surface area contributed by atoms with Crippen LogP contribution in [0.25, 0.3) is 0 Å². The van der Waals surface area contributed by atoms with Crippen molar-refractivity contribution in [2.24, 2.45) is 0 Å². The molecule has 0 aromatic heterocycles. The van der Waals surface area contributed by atoms with Crippen molar-refractivity contribution >= 4 is 0 Å². The number of ether oxygens (including phenoxy) is 1. The van der Waals surface area contributed by atoms with E-state index in [1.54, 1.807) is 7.11 Å². The Morgan fingerprint density at radius 1 is 1.50 bits per heavy atom. The molecule has 1 aliphatic heterocycles. The van der Waals surface area contributed by atoms with Crippen LogP contribution in [0.2, 0.25) is 0 Å². The molecule has 0 aromatic carbocycles. The minimum absolute atomic E-state index is 0.655. The van der Waals surface area contributed by atoms with Crippen LogP contribution in [0.4, 0.5) is 0 Å². The first-order valence-corrected chi connectivity index (χ1v) is 5.75. The molecule has 1 aliphatic rings. The molecule has 84 valence electrons. The Balaban J connectivity index is 2.31. The van der Waals surface area contributed by atoms with Gasteiger partial charge < -0.3 is 10.1 Å². The zero-order chi connectivity index (χ0) is 10.4. The number of hydrogen-bond acceptors (Lipinski definition) is 3. The van der Waals surface area contributed by atoms with Crippen LogP contribution in [0, 0.1) is 0 Å². The summed E-state index contributed by atoms with van der Waals surface area (Å²) in [7, 11) is 1.78. The minimum atomic E-state index is 0.655. The maximum atomic E-state index is 5.13. The lowest BCUT2D eigenvalue weighted by Crippen LogP contribution is -2.59.